The molecular weight excluding hydrogens is 475 g/mol. The number of piperazine rings is 1. The van der Waals surface area contributed by atoms with Gasteiger partial charge in [-0.05, 0) is 31.0 Å². The van der Waals surface area contributed by atoms with Crippen LogP contribution in [-0.2, 0) is 15.8 Å². The third-order valence-corrected chi connectivity index (χ3v) is 7.62. The Bertz CT molecular complexity index is 1000. The summed E-state index contributed by atoms with van der Waals surface area (Å²) < 4.78 is 39.5. The topological polar surface area (TPSA) is 69.6 Å². The molecule has 0 radical (unpaired) electrons. The number of nitrogens with zero attached hydrogens (tertiary/aromatic N) is 5. The van der Waals surface area contributed by atoms with E-state index in [0.717, 1.165) is 25.0 Å². The Kier molecular flexibility index (Phi) is 7.13. The summed E-state index contributed by atoms with van der Waals surface area (Å²) >= 11 is 2.61. The summed E-state index contributed by atoms with van der Waals surface area (Å²) in [5, 5.41) is 8.85. The van der Waals surface area contributed by atoms with Gasteiger partial charge in [0.25, 0.3) is 0 Å². The monoisotopic (exact) mass is 499 g/mol. The van der Waals surface area contributed by atoms with Gasteiger partial charge in [0, 0.05) is 44.3 Å². The molecule has 2 amide bonds. The number of alkyl halides is 3. The largest absolute Gasteiger partial charge is 0.416 e. The summed E-state index contributed by atoms with van der Waals surface area (Å²) in [6.07, 6.45) is -2.03. The number of thioether (sulfide) groups is 1. The van der Waals surface area contributed by atoms with Crippen LogP contribution in [0.2, 0.25) is 0 Å². The fourth-order valence-electron chi connectivity index (χ4n) is 3.64. The molecule has 1 aliphatic carbocycles. The van der Waals surface area contributed by atoms with Crippen molar-refractivity contribution in [3.8, 4) is 0 Å². The van der Waals surface area contributed by atoms with Gasteiger partial charge >= 0.3 is 6.18 Å². The molecule has 7 nitrogen and oxygen atoms in total. The van der Waals surface area contributed by atoms with Gasteiger partial charge in [0.2, 0.25) is 16.9 Å². The Morgan fingerprint density at radius 3 is 2.55 bits per heavy atom. The predicted octanol–water partition coefficient (Wildman–Crippen LogP) is 3.90. The van der Waals surface area contributed by atoms with Crippen molar-refractivity contribution in [3.05, 3.63) is 29.8 Å². The Morgan fingerprint density at radius 2 is 1.91 bits per heavy atom. The third kappa shape index (κ3) is 5.78. The van der Waals surface area contributed by atoms with E-state index >= 15 is 0 Å². The number of rotatable bonds is 7. The van der Waals surface area contributed by atoms with Crippen LogP contribution < -0.4 is 9.80 Å². The number of hydrogen-bond acceptors (Lipinski definition) is 7. The lowest BCUT2D eigenvalue weighted by Gasteiger charge is -2.36. The number of anilines is 2. The van der Waals surface area contributed by atoms with Gasteiger partial charge in [-0.15, -0.1) is 10.2 Å². The number of hydrogen-bond donors (Lipinski definition) is 0. The Balaban J connectivity index is 1.28. The minimum Gasteiger partial charge on any atom is -0.368 e. The van der Waals surface area contributed by atoms with E-state index in [1.54, 1.807) is 15.9 Å². The number of aromatic nitrogens is 2. The number of carbonyl (C=O) groups excluding carboxylic acids is 2. The molecule has 1 saturated heterocycles. The van der Waals surface area contributed by atoms with Crippen molar-refractivity contribution < 1.29 is 22.8 Å². The lowest BCUT2D eigenvalue weighted by Crippen LogP contribution is -2.49. The van der Waals surface area contributed by atoms with Gasteiger partial charge in [-0.1, -0.05) is 36.1 Å². The summed E-state index contributed by atoms with van der Waals surface area (Å²) in [6.45, 7) is 3.64. The summed E-state index contributed by atoms with van der Waals surface area (Å²) in [5.41, 5.74) is -0.165. The zero-order valence-electron chi connectivity index (χ0n) is 18.0. The lowest BCUT2D eigenvalue weighted by molar-refractivity contribution is -0.137. The van der Waals surface area contributed by atoms with Crippen molar-refractivity contribution in [3.63, 3.8) is 0 Å². The average Bonchev–Trinajstić information content (AvgIpc) is 3.54. The van der Waals surface area contributed by atoms with Gasteiger partial charge in [0.15, 0.2) is 4.34 Å². The molecular formula is C21H24F3N5O2S2. The first-order valence-corrected chi connectivity index (χ1v) is 12.5. The summed E-state index contributed by atoms with van der Waals surface area (Å²) in [5.74, 6) is 0.174. The predicted molar refractivity (Wildman–Crippen MR) is 122 cm³/mol. The number of carbonyl (C=O) groups is 2. The average molecular weight is 500 g/mol. The van der Waals surface area contributed by atoms with Gasteiger partial charge in [-0.2, -0.15) is 13.2 Å². The molecule has 0 spiro atoms. The standard InChI is InChI=1S/C21H24F3N5O2S2/c1-2-17(30)29(15-6-7-15)19-25-26-20(33-19)32-13-18(31)28-10-8-27(9-11-28)16-5-3-4-14(12-16)21(22,23)24/h3-5,12,15H,2,6-11,13H2,1H3. The highest BCUT2D eigenvalue weighted by Gasteiger charge is 2.35. The van der Waals surface area contributed by atoms with Crippen LogP contribution in [0.25, 0.3) is 0 Å². The van der Waals surface area contributed by atoms with Crippen LogP contribution in [0.5, 0.6) is 0 Å². The van der Waals surface area contributed by atoms with E-state index in [-0.39, 0.29) is 23.6 Å². The summed E-state index contributed by atoms with van der Waals surface area (Å²) in [7, 11) is 0. The van der Waals surface area contributed by atoms with Crippen LogP contribution in [0.3, 0.4) is 0 Å². The fraction of sp³-hybridized carbons (Fsp3) is 0.524. The molecule has 178 valence electrons. The van der Waals surface area contributed by atoms with Gasteiger partial charge in [-0.3, -0.25) is 14.5 Å². The Morgan fingerprint density at radius 1 is 1.18 bits per heavy atom. The van der Waals surface area contributed by atoms with Crippen molar-refractivity contribution in [2.75, 3.05) is 41.7 Å². The fourth-order valence-corrected chi connectivity index (χ4v) is 5.47. The second kappa shape index (κ2) is 9.88. The Labute approximate surface area is 197 Å². The van der Waals surface area contributed by atoms with Gasteiger partial charge < -0.3 is 9.80 Å². The maximum atomic E-state index is 13.0. The number of halogens is 3. The van der Waals surface area contributed by atoms with Crippen LogP contribution >= 0.6 is 23.1 Å². The van der Waals surface area contributed by atoms with E-state index in [1.165, 1.54) is 29.2 Å². The van der Waals surface area contributed by atoms with E-state index in [0.29, 0.717) is 47.8 Å². The van der Waals surface area contributed by atoms with Crippen molar-refractivity contribution in [1.29, 1.82) is 0 Å². The second-order valence-corrected chi connectivity index (χ2v) is 10.1. The van der Waals surface area contributed by atoms with Crippen LogP contribution in [0.15, 0.2) is 28.6 Å². The van der Waals surface area contributed by atoms with Gasteiger partial charge in [0.05, 0.1) is 11.3 Å². The van der Waals surface area contributed by atoms with Crippen molar-refractivity contribution in [1.82, 2.24) is 15.1 Å². The van der Waals surface area contributed by atoms with Crippen molar-refractivity contribution in [2.45, 2.75) is 42.7 Å². The molecule has 1 aromatic carbocycles. The number of amides is 2. The van der Waals surface area contributed by atoms with Crippen molar-refractivity contribution >= 4 is 45.7 Å². The van der Waals surface area contributed by atoms with Crippen LogP contribution in [0, 0.1) is 0 Å². The van der Waals surface area contributed by atoms with E-state index < -0.39 is 11.7 Å². The molecule has 0 atom stereocenters. The molecule has 2 aliphatic rings. The van der Waals surface area contributed by atoms with E-state index in [1.807, 2.05) is 11.8 Å². The zero-order chi connectivity index (χ0) is 23.6. The van der Waals surface area contributed by atoms with Crippen LogP contribution in [0.1, 0.15) is 31.7 Å². The highest BCUT2D eigenvalue weighted by atomic mass is 32.2. The molecule has 33 heavy (non-hydrogen) atoms. The zero-order valence-corrected chi connectivity index (χ0v) is 19.7. The van der Waals surface area contributed by atoms with E-state index in [2.05, 4.69) is 10.2 Å². The first-order valence-electron chi connectivity index (χ1n) is 10.7. The summed E-state index contributed by atoms with van der Waals surface area (Å²) in [6, 6.07) is 5.47. The molecule has 0 unspecified atom stereocenters. The molecule has 1 aliphatic heterocycles. The first kappa shape index (κ1) is 23.8. The molecule has 2 heterocycles. The maximum absolute atomic E-state index is 13.0. The summed E-state index contributed by atoms with van der Waals surface area (Å²) in [4.78, 5) is 30.2. The smallest absolute Gasteiger partial charge is 0.368 e. The molecule has 1 saturated carbocycles. The maximum Gasteiger partial charge on any atom is 0.416 e. The lowest BCUT2D eigenvalue weighted by atomic mass is 10.1. The third-order valence-electron chi connectivity index (χ3n) is 5.58. The molecule has 2 fully saturated rings. The van der Waals surface area contributed by atoms with Crippen LogP contribution in [-0.4, -0.2) is 64.9 Å². The second-order valence-electron chi connectivity index (χ2n) is 7.90. The molecule has 12 heteroatoms. The molecule has 0 N–H and O–H groups in total. The number of benzene rings is 1. The van der Waals surface area contributed by atoms with E-state index in [9.17, 15) is 22.8 Å². The van der Waals surface area contributed by atoms with Crippen molar-refractivity contribution in [2.24, 2.45) is 0 Å². The molecule has 2 aromatic rings. The van der Waals surface area contributed by atoms with Crippen LogP contribution in [0.4, 0.5) is 24.0 Å². The molecule has 4 rings (SSSR count). The molecule has 1 aromatic heterocycles. The van der Waals surface area contributed by atoms with Gasteiger partial charge in [0.1, 0.15) is 0 Å². The normalized spacial score (nSPS) is 16.7. The highest BCUT2D eigenvalue weighted by molar-refractivity contribution is 8.01. The minimum atomic E-state index is -4.38. The quantitative estimate of drug-likeness (QED) is 0.425. The molecule has 0 bridgehead atoms. The Hall–Kier alpha value is -2.34. The van der Waals surface area contributed by atoms with Gasteiger partial charge in [-0.25, -0.2) is 0 Å². The first-order chi connectivity index (χ1) is 15.8. The van der Waals surface area contributed by atoms with E-state index in [4.69, 9.17) is 0 Å². The minimum absolute atomic E-state index is 0.0277. The highest BCUT2D eigenvalue weighted by Crippen LogP contribution is 2.36. The SMILES string of the molecule is CCC(=O)N(c1nnc(SCC(=O)N2CCN(c3cccc(C(F)(F)F)c3)CC2)s1)C1CC1.